The van der Waals surface area contributed by atoms with Gasteiger partial charge in [0.25, 0.3) is 0 Å². The van der Waals surface area contributed by atoms with Crippen molar-refractivity contribution in [2.75, 3.05) is 0 Å². The highest BCUT2D eigenvalue weighted by Crippen LogP contribution is 2.36. The second kappa shape index (κ2) is 8.09. The fourth-order valence-corrected chi connectivity index (χ4v) is 4.15. The van der Waals surface area contributed by atoms with Gasteiger partial charge in [-0.3, -0.25) is 0 Å². The summed E-state index contributed by atoms with van der Waals surface area (Å²) in [4.78, 5) is 8.99. The molecule has 172 valence electrons. The van der Waals surface area contributed by atoms with Gasteiger partial charge in [-0.2, -0.15) is 23.3 Å². The third-order valence-corrected chi connectivity index (χ3v) is 5.89. The lowest BCUT2D eigenvalue weighted by molar-refractivity contribution is -0.137. The summed E-state index contributed by atoms with van der Waals surface area (Å²) in [6.07, 6.45) is -0.570. The second-order valence-corrected chi connectivity index (χ2v) is 8.34. The molecular formula is C25H20F3N5O. The molecule has 5 aromatic rings. The molecule has 5 rings (SSSR count). The lowest BCUT2D eigenvalue weighted by atomic mass is 9.80. The van der Waals surface area contributed by atoms with Gasteiger partial charge in [-0.1, -0.05) is 47.6 Å². The van der Waals surface area contributed by atoms with Crippen molar-refractivity contribution in [3.8, 4) is 11.1 Å². The number of hydrogen-bond donors (Lipinski definition) is 0. The third kappa shape index (κ3) is 3.83. The van der Waals surface area contributed by atoms with E-state index in [-0.39, 0.29) is 0 Å². The van der Waals surface area contributed by atoms with E-state index in [1.165, 1.54) is 12.1 Å². The minimum absolute atomic E-state index is 0.438. The average molecular weight is 463 g/mol. The first-order valence-corrected chi connectivity index (χ1v) is 10.6. The van der Waals surface area contributed by atoms with Gasteiger partial charge in [0.05, 0.1) is 22.9 Å². The van der Waals surface area contributed by atoms with Crippen molar-refractivity contribution in [3.05, 3.63) is 102 Å². The van der Waals surface area contributed by atoms with Gasteiger partial charge in [-0.15, -0.1) is 0 Å². The standard InChI is InChI=1S/C25H20F3N5O/c1-16-31-23(34-32-16)24(2,14-17-6-4-3-5-7-17)21-12-13-29-22-20(15-30-33(21)22)18-8-10-19(11-9-18)25(26,27)28/h3-13,15H,14H2,1-2H3. The van der Waals surface area contributed by atoms with Crippen molar-refractivity contribution < 1.29 is 17.7 Å². The highest BCUT2D eigenvalue weighted by molar-refractivity contribution is 5.77. The molecule has 0 bridgehead atoms. The number of rotatable bonds is 5. The first-order valence-electron chi connectivity index (χ1n) is 10.6. The van der Waals surface area contributed by atoms with Crippen molar-refractivity contribution in [1.82, 2.24) is 24.7 Å². The van der Waals surface area contributed by atoms with Crippen LogP contribution in [0.4, 0.5) is 13.2 Å². The molecule has 3 heterocycles. The predicted molar refractivity (Wildman–Crippen MR) is 119 cm³/mol. The number of aromatic nitrogens is 5. The molecule has 1 atom stereocenters. The average Bonchev–Trinajstić information content (AvgIpc) is 3.46. The second-order valence-electron chi connectivity index (χ2n) is 8.34. The number of benzene rings is 2. The van der Waals surface area contributed by atoms with Gasteiger partial charge < -0.3 is 4.52 Å². The molecule has 34 heavy (non-hydrogen) atoms. The van der Waals surface area contributed by atoms with Crippen molar-refractivity contribution in [2.24, 2.45) is 0 Å². The highest BCUT2D eigenvalue weighted by Gasteiger charge is 2.38. The lowest BCUT2D eigenvalue weighted by Gasteiger charge is -2.26. The minimum Gasteiger partial charge on any atom is -0.338 e. The van der Waals surface area contributed by atoms with Gasteiger partial charge in [0.2, 0.25) is 5.89 Å². The van der Waals surface area contributed by atoms with E-state index in [0.29, 0.717) is 34.9 Å². The molecule has 0 radical (unpaired) electrons. The molecule has 3 aromatic heterocycles. The molecule has 0 amide bonds. The van der Waals surface area contributed by atoms with Crippen LogP contribution in [0.15, 0.2) is 77.6 Å². The van der Waals surface area contributed by atoms with Crippen LogP contribution in [0.1, 0.15) is 35.5 Å². The van der Waals surface area contributed by atoms with Crippen LogP contribution in [-0.2, 0) is 18.0 Å². The van der Waals surface area contributed by atoms with Crippen LogP contribution in [0.5, 0.6) is 0 Å². The molecule has 0 aliphatic heterocycles. The van der Waals surface area contributed by atoms with Crippen LogP contribution >= 0.6 is 0 Å². The molecule has 1 unspecified atom stereocenters. The van der Waals surface area contributed by atoms with Gasteiger partial charge in [0.1, 0.15) is 0 Å². The van der Waals surface area contributed by atoms with E-state index in [1.54, 1.807) is 23.8 Å². The summed E-state index contributed by atoms with van der Waals surface area (Å²) in [5, 5.41) is 8.54. The summed E-state index contributed by atoms with van der Waals surface area (Å²) in [7, 11) is 0. The fourth-order valence-electron chi connectivity index (χ4n) is 4.15. The highest BCUT2D eigenvalue weighted by atomic mass is 19.4. The smallest absolute Gasteiger partial charge is 0.338 e. The largest absolute Gasteiger partial charge is 0.416 e. The van der Waals surface area contributed by atoms with Gasteiger partial charge in [0, 0.05) is 11.8 Å². The Morgan fingerprint density at radius 1 is 0.971 bits per heavy atom. The van der Waals surface area contributed by atoms with Gasteiger partial charge in [0.15, 0.2) is 11.5 Å². The van der Waals surface area contributed by atoms with Crippen molar-refractivity contribution >= 4 is 5.65 Å². The Morgan fingerprint density at radius 2 is 1.71 bits per heavy atom. The molecule has 0 N–H and O–H groups in total. The van der Waals surface area contributed by atoms with Crippen LogP contribution in [0, 0.1) is 6.92 Å². The Kier molecular flexibility index (Phi) is 5.19. The van der Waals surface area contributed by atoms with Gasteiger partial charge >= 0.3 is 6.18 Å². The lowest BCUT2D eigenvalue weighted by Crippen LogP contribution is -2.30. The summed E-state index contributed by atoms with van der Waals surface area (Å²) in [6.45, 7) is 3.76. The molecule has 6 nitrogen and oxygen atoms in total. The van der Waals surface area contributed by atoms with Crippen molar-refractivity contribution in [1.29, 1.82) is 0 Å². The Labute approximate surface area is 193 Å². The topological polar surface area (TPSA) is 69.1 Å². The van der Waals surface area contributed by atoms with Crippen LogP contribution in [0.3, 0.4) is 0 Å². The maximum absolute atomic E-state index is 13.0. The number of aryl methyl sites for hydroxylation is 1. The number of alkyl halides is 3. The first kappa shape index (κ1) is 21.8. The van der Waals surface area contributed by atoms with E-state index < -0.39 is 17.2 Å². The summed E-state index contributed by atoms with van der Waals surface area (Å²) in [6, 6.07) is 16.8. The molecule has 0 saturated heterocycles. The Morgan fingerprint density at radius 3 is 2.35 bits per heavy atom. The Balaban J connectivity index is 1.64. The summed E-state index contributed by atoms with van der Waals surface area (Å²) in [5.41, 5.74) is 2.12. The SMILES string of the molecule is Cc1noc(C(C)(Cc2ccccc2)c2ccnc3c(-c4ccc(C(F)(F)F)cc4)cnn23)n1. The van der Waals surface area contributed by atoms with Crippen LogP contribution in [0.2, 0.25) is 0 Å². The van der Waals surface area contributed by atoms with E-state index in [9.17, 15) is 13.2 Å². The Bertz CT molecular complexity index is 1440. The monoisotopic (exact) mass is 463 g/mol. The van der Waals surface area contributed by atoms with E-state index in [2.05, 4.69) is 20.2 Å². The van der Waals surface area contributed by atoms with Gasteiger partial charge in [-0.05, 0) is 49.6 Å². The summed E-state index contributed by atoms with van der Waals surface area (Å²) in [5.74, 6) is 0.957. The van der Waals surface area contributed by atoms with Crippen molar-refractivity contribution in [2.45, 2.75) is 31.9 Å². The fraction of sp³-hybridized carbons (Fsp3) is 0.200. The van der Waals surface area contributed by atoms with E-state index in [0.717, 1.165) is 23.4 Å². The van der Waals surface area contributed by atoms with Crippen LogP contribution < -0.4 is 0 Å². The number of nitrogens with zero attached hydrogens (tertiary/aromatic N) is 5. The number of hydrogen-bond acceptors (Lipinski definition) is 5. The molecule has 0 saturated carbocycles. The quantitative estimate of drug-likeness (QED) is 0.337. The summed E-state index contributed by atoms with van der Waals surface area (Å²) < 4.78 is 46.3. The molecular weight excluding hydrogens is 443 g/mol. The predicted octanol–water partition coefficient (Wildman–Crippen LogP) is 5.66. The maximum Gasteiger partial charge on any atom is 0.416 e. The zero-order chi connectivity index (χ0) is 23.9. The van der Waals surface area contributed by atoms with Gasteiger partial charge in [-0.25, -0.2) is 9.50 Å². The third-order valence-electron chi connectivity index (χ3n) is 5.89. The zero-order valence-corrected chi connectivity index (χ0v) is 18.4. The van der Waals surface area contributed by atoms with E-state index in [4.69, 9.17) is 4.52 Å². The molecule has 0 fully saturated rings. The van der Waals surface area contributed by atoms with Crippen molar-refractivity contribution in [3.63, 3.8) is 0 Å². The molecule has 0 aliphatic carbocycles. The number of halogens is 3. The van der Waals surface area contributed by atoms with Crippen LogP contribution in [-0.4, -0.2) is 24.7 Å². The molecule has 0 spiro atoms. The minimum atomic E-state index is -4.40. The maximum atomic E-state index is 13.0. The number of fused-ring (bicyclic) bond motifs is 1. The first-order chi connectivity index (χ1) is 16.3. The Hall–Kier alpha value is -4.01. The molecule has 9 heteroatoms. The summed E-state index contributed by atoms with van der Waals surface area (Å²) >= 11 is 0. The zero-order valence-electron chi connectivity index (χ0n) is 18.4. The van der Waals surface area contributed by atoms with Crippen LogP contribution in [0.25, 0.3) is 16.8 Å². The van der Waals surface area contributed by atoms with E-state index in [1.807, 2.05) is 43.3 Å². The normalized spacial score (nSPS) is 13.8. The molecule has 0 aliphatic rings. The van der Waals surface area contributed by atoms with E-state index >= 15 is 0 Å². The molecule has 2 aromatic carbocycles.